The Balaban J connectivity index is 2.45. The lowest BCUT2D eigenvalue weighted by Gasteiger charge is -2.22. The van der Waals surface area contributed by atoms with Crippen LogP contribution in [-0.4, -0.2) is 26.3 Å². The van der Waals surface area contributed by atoms with E-state index in [2.05, 4.69) is 31.2 Å². The van der Waals surface area contributed by atoms with Crippen molar-refractivity contribution in [1.82, 2.24) is 5.06 Å². The lowest BCUT2D eigenvalue weighted by Crippen LogP contribution is -2.20. The van der Waals surface area contributed by atoms with Crippen LogP contribution in [0.5, 0.6) is 5.75 Å². The summed E-state index contributed by atoms with van der Waals surface area (Å²) in [7, 11) is 5.31. The van der Waals surface area contributed by atoms with Crippen LogP contribution in [0, 0.1) is 0 Å². The molecular formula is C15H19NO2. The molecule has 3 heteroatoms. The van der Waals surface area contributed by atoms with Crippen molar-refractivity contribution < 1.29 is 9.57 Å². The molecule has 0 aromatic heterocycles. The highest BCUT2D eigenvalue weighted by Gasteiger charge is 2.12. The van der Waals surface area contributed by atoms with Crippen LogP contribution in [0.1, 0.15) is 18.5 Å². The fourth-order valence-electron chi connectivity index (χ4n) is 2.08. The molecule has 0 aliphatic carbocycles. The predicted molar refractivity (Wildman–Crippen MR) is 73.7 cm³/mol. The molecule has 2 aromatic carbocycles. The van der Waals surface area contributed by atoms with E-state index < -0.39 is 0 Å². The zero-order valence-corrected chi connectivity index (χ0v) is 11.3. The summed E-state index contributed by atoms with van der Waals surface area (Å²) >= 11 is 0. The van der Waals surface area contributed by atoms with E-state index in [1.54, 1.807) is 14.2 Å². The topological polar surface area (TPSA) is 21.7 Å². The summed E-state index contributed by atoms with van der Waals surface area (Å²) in [6, 6.07) is 12.7. The van der Waals surface area contributed by atoms with Gasteiger partial charge >= 0.3 is 0 Å². The average molecular weight is 245 g/mol. The molecule has 1 unspecified atom stereocenters. The van der Waals surface area contributed by atoms with Crippen LogP contribution in [0.2, 0.25) is 0 Å². The van der Waals surface area contributed by atoms with Crippen molar-refractivity contribution in [2.75, 3.05) is 21.3 Å². The molecule has 0 radical (unpaired) electrons. The van der Waals surface area contributed by atoms with E-state index in [4.69, 9.17) is 9.57 Å². The van der Waals surface area contributed by atoms with Crippen molar-refractivity contribution in [1.29, 1.82) is 0 Å². The lowest BCUT2D eigenvalue weighted by atomic mass is 10.0. The molecule has 0 fully saturated rings. The van der Waals surface area contributed by atoms with Gasteiger partial charge in [-0.15, -0.1) is 0 Å². The van der Waals surface area contributed by atoms with Crippen LogP contribution < -0.4 is 4.74 Å². The van der Waals surface area contributed by atoms with Crippen LogP contribution in [0.4, 0.5) is 0 Å². The molecule has 96 valence electrons. The molecule has 0 aliphatic heterocycles. The fourth-order valence-corrected chi connectivity index (χ4v) is 2.08. The molecule has 1 atom stereocenters. The minimum Gasteiger partial charge on any atom is -0.496 e. The van der Waals surface area contributed by atoms with E-state index in [9.17, 15) is 0 Å². The Morgan fingerprint density at radius 1 is 1.11 bits per heavy atom. The SMILES string of the molecule is COc1cccc2cc(C(C)N(C)OC)ccc12. The van der Waals surface area contributed by atoms with Crippen molar-refractivity contribution in [2.45, 2.75) is 13.0 Å². The first-order valence-corrected chi connectivity index (χ1v) is 6.01. The van der Waals surface area contributed by atoms with Crippen LogP contribution in [0.3, 0.4) is 0 Å². The molecule has 2 rings (SSSR count). The standard InChI is InChI=1S/C15H19NO2/c1-11(16(2)18-4)12-8-9-14-13(10-12)6-5-7-15(14)17-3/h5-11H,1-4H3. The van der Waals surface area contributed by atoms with Gasteiger partial charge in [0.1, 0.15) is 5.75 Å². The van der Waals surface area contributed by atoms with E-state index in [0.29, 0.717) is 0 Å². The van der Waals surface area contributed by atoms with Gasteiger partial charge < -0.3 is 9.57 Å². The third kappa shape index (κ3) is 2.33. The number of nitrogens with zero attached hydrogens (tertiary/aromatic N) is 1. The molecule has 3 nitrogen and oxygen atoms in total. The third-order valence-electron chi connectivity index (χ3n) is 3.40. The molecule has 0 amide bonds. The summed E-state index contributed by atoms with van der Waals surface area (Å²) in [6.07, 6.45) is 0. The molecule has 18 heavy (non-hydrogen) atoms. The van der Waals surface area contributed by atoms with Gasteiger partial charge in [0, 0.05) is 12.4 Å². The number of ether oxygens (including phenoxy) is 1. The summed E-state index contributed by atoms with van der Waals surface area (Å²) in [5.41, 5.74) is 1.22. The molecule has 0 bridgehead atoms. The molecule has 0 heterocycles. The van der Waals surface area contributed by atoms with Gasteiger partial charge in [-0.05, 0) is 30.0 Å². The zero-order valence-electron chi connectivity index (χ0n) is 11.3. The van der Waals surface area contributed by atoms with Gasteiger partial charge in [0.05, 0.1) is 20.3 Å². The number of hydrogen-bond donors (Lipinski definition) is 0. The summed E-state index contributed by atoms with van der Waals surface area (Å²) in [5.74, 6) is 0.909. The first-order chi connectivity index (χ1) is 8.67. The quantitative estimate of drug-likeness (QED) is 0.771. The Labute approximate surface area is 108 Å². The Morgan fingerprint density at radius 3 is 2.56 bits per heavy atom. The number of benzene rings is 2. The number of hydroxylamine groups is 2. The smallest absolute Gasteiger partial charge is 0.126 e. The monoisotopic (exact) mass is 245 g/mol. The van der Waals surface area contributed by atoms with E-state index in [1.165, 1.54) is 10.9 Å². The number of fused-ring (bicyclic) bond motifs is 1. The second-order valence-corrected chi connectivity index (χ2v) is 4.35. The summed E-state index contributed by atoms with van der Waals surface area (Å²) in [5, 5.41) is 4.15. The molecule has 0 N–H and O–H groups in total. The zero-order chi connectivity index (χ0) is 13.1. The molecule has 0 aliphatic rings. The Morgan fingerprint density at radius 2 is 1.89 bits per heavy atom. The first-order valence-electron chi connectivity index (χ1n) is 6.01. The Hall–Kier alpha value is -1.58. The van der Waals surface area contributed by atoms with Gasteiger partial charge in [-0.1, -0.05) is 24.3 Å². The Kier molecular flexibility index (Phi) is 3.84. The Bertz CT molecular complexity index is 539. The highest BCUT2D eigenvalue weighted by atomic mass is 16.7. The molecule has 0 spiro atoms. The summed E-state index contributed by atoms with van der Waals surface area (Å²) in [6.45, 7) is 2.12. The maximum atomic E-state index is 5.36. The van der Waals surface area contributed by atoms with Gasteiger partial charge in [-0.2, -0.15) is 5.06 Å². The van der Waals surface area contributed by atoms with Crippen molar-refractivity contribution >= 4 is 10.8 Å². The molecule has 0 saturated heterocycles. The molecular weight excluding hydrogens is 226 g/mol. The minimum atomic E-state index is 0.214. The summed E-state index contributed by atoms with van der Waals surface area (Å²) in [4.78, 5) is 5.23. The van der Waals surface area contributed by atoms with E-state index in [1.807, 2.05) is 24.2 Å². The largest absolute Gasteiger partial charge is 0.496 e. The maximum absolute atomic E-state index is 5.36. The normalized spacial score (nSPS) is 12.9. The van der Waals surface area contributed by atoms with Crippen LogP contribution >= 0.6 is 0 Å². The third-order valence-corrected chi connectivity index (χ3v) is 3.40. The van der Waals surface area contributed by atoms with Crippen molar-refractivity contribution in [3.63, 3.8) is 0 Å². The minimum absolute atomic E-state index is 0.214. The van der Waals surface area contributed by atoms with Crippen LogP contribution in [0.25, 0.3) is 10.8 Å². The maximum Gasteiger partial charge on any atom is 0.126 e. The summed E-state index contributed by atoms with van der Waals surface area (Å²) < 4.78 is 5.36. The second kappa shape index (κ2) is 5.38. The van der Waals surface area contributed by atoms with Crippen molar-refractivity contribution in [2.24, 2.45) is 0 Å². The fraction of sp³-hybridized carbons (Fsp3) is 0.333. The average Bonchev–Trinajstić information content (AvgIpc) is 2.44. The van der Waals surface area contributed by atoms with Crippen LogP contribution in [0.15, 0.2) is 36.4 Å². The van der Waals surface area contributed by atoms with Crippen molar-refractivity contribution in [3.05, 3.63) is 42.0 Å². The van der Waals surface area contributed by atoms with Gasteiger partial charge in [-0.3, -0.25) is 0 Å². The number of rotatable bonds is 4. The predicted octanol–water partition coefficient (Wildman–Crippen LogP) is 3.40. The van der Waals surface area contributed by atoms with Gasteiger partial charge in [0.15, 0.2) is 0 Å². The highest BCUT2D eigenvalue weighted by Crippen LogP contribution is 2.29. The lowest BCUT2D eigenvalue weighted by molar-refractivity contribution is -0.137. The van der Waals surface area contributed by atoms with E-state index in [-0.39, 0.29) is 6.04 Å². The highest BCUT2D eigenvalue weighted by molar-refractivity contribution is 5.88. The molecule has 2 aromatic rings. The molecule has 0 saturated carbocycles. The van der Waals surface area contributed by atoms with Gasteiger partial charge in [-0.25, -0.2) is 0 Å². The first kappa shape index (κ1) is 12.9. The van der Waals surface area contributed by atoms with Gasteiger partial charge in [0.25, 0.3) is 0 Å². The van der Waals surface area contributed by atoms with Crippen molar-refractivity contribution in [3.8, 4) is 5.75 Å². The second-order valence-electron chi connectivity index (χ2n) is 4.35. The number of methoxy groups -OCH3 is 1. The van der Waals surface area contributed by atoms with Gasteiger partial charge in [0.2, 0.25) is 0 Å². The van der Waals surface area contributed by atoms with E-state index in [0.717, 1.165) is 11.1 Å². The number of hydrogen-bond acceptors (Lipinski definition) is 3. The van der Waals surface area contributed by atoms with E-state index >= 15 is 0 Å². The van der Waals surface area contributed by atoms with Crippen LogP contribution in [-0.2, 0) is 4.84 Å².